The molecule has 3 aromatic rings. The standard InChI is InChI=1S/C21H23N5O3/c1-14(2)25-13-16(11-19(25)27)20(28)22-17-7-5-6-15(10-17)12-26-21(29)24-9-4-3-8-18(24)23-26/h3-10,14,16H,11-13H2,1-2H3,(H,22,28)/t16-/m1/s1. The Morgan fingerprint density at radius 1 is 1.21 bits per heavy atom. The Labute approximate surface area is 167 Å². The van der Waals surface area contributed by atoms with Gasteiger partial charge in [-0.05, 0) is 43.7 Å². The van der Waals surface area contributed by atoms with E-state index in [0.29, 0.717) is 24.4 Å². The van der Waals surface area contributed by atoms with Gasteiger partial charge in [0.05, 0.1) is 12.5 Å². The monoisotopic (exact) mass is 393 g/mol. The third-order valence-corrected chi connectivity index (χ3v) is 5.17. The molecule has 1 fully saturated rings. The van der Waals surface area contributed by atoms with Crippen LogP contribution in [0.25, 0.3) is 5.65 Å². The molecule has 0 saturated carbocycles. The van der Waals surface area contributed by atoms with Crippen LogP contribution in [0.2, 0.25) is 0 Å². The number of carbonyl (C=O) groups excluding carboxylic acids is 2. The predicted octanol–water partition coefficient (Wildman–Crippen LogP) is 1.74. The summed E-state index contributed by atoms with van der Waals surface area (Å²) in [5, 5.41) is 7.23. The lowest BCUT2D eigenvalue weighted by molar-refractivity contribution is -0.129. The van der Waals surface area contributed by atoms with Gasteiger partial charge in [0.2, 0.25) is 11.8 Å². The topological polar surface area (TPSA) is 88.7 Å². The number of pyridine rings is 1. The van der Waals surface area contributed by atoms with E-state index in [1.165, 1.54) is 9.08 Å². The maximum absolute atomic E-state index is 12.6. The molecule has 150 valence electrons. The van der Waals surface area contributed by atoms with Gasteiger partial charge in [0.15, 0.2) is 5.65 Å². The average molecular weight is 393 g/mol. The van der Waals surface area contributed by atoms with Crippen LogP contribution in [0.5, 0.6) is 0 Å². The summed E-state index contributed by atoms with van der Waals surface area (Å²) < 4.78 is 2.88. The molecule has 1 aromatic carbocycles. The molecule has 1 aliphatic heterocycles. The number of aromatic nitrogens is 3. The van der Waals surface area contributed by atoms with Gasteiger partial charge in [-0.25, -0.2) is 9.48 Å². The summed E-state index contributed by atoms with van der Waals surface area (Å²) in [6.07, 6.45) is 1.92. The van der Waals surface area contributed by atoms with Crippen molar-refractivity contribution >= 4 is 23.1 Å². The second-order valence-corrected chi connectivity index (χ2v) is 7.60. The summed E-state index contributed by atoms with van der Waals surface area (Å²) in [6, 6.07) is 12.8. The Hall–Kier alpha value is -3.42. The average Bonchev–Trinajstić information content (AvgIpc) is 3.23. The van der Waals surface area contributed by atoms with E-state index in [4.69, 9.17) is 0 Å². The van der Waals surface area contributed by atoms with E-state index in [0.717, 1.165) is 5.56 Å². The molecular formula is C21H23N5O3. The zero-order valence-electron chi connectivity index (χ0n) is 16.4. The fourth-order valence-corrected chi connectivity index (χ4v) is 3.64. The van der Waals surface area contributed by atoms with E-state index in [9.17, 15) is 14.4 Å². The molecule has 0 bridgehead atoms. The number of hydrogen-bond acceptors (Lipinski definition) is 4. The van der Waals surface area contributed by atoms with Crippen molar-refractivity contribution in [2.75, 3.05) is 11.9 Å². The minimum atomic E-state index is -0.352. The molecule has 1 N–H and O–H groups in total. The van der Waals surface area contributed by atoms with Gasteiger partial charge in [-0.2, -0.15) is 0 Å². The molecule has 0 unspecified atom stereocenters. The van der Waals surface area contributed by atoms with Gasteiger partial charge in [-0.15, -0.1) is 5.10 Å². The molecule has 1 atom stereocenters. The molecule has 4 rings (SSSR count). The largest absolute Gasteiger partial charge is 0.350 e. The number of nitrogens with one attached hydrogen (secondary N) is 1. The molecule has 0 aliphatic carbocycles. The Morgan fingerprint density at radius 2 is 2.03 bits per heavy atom. The molecule has 29 heavy (non-hydrogen) atoms. The second-order valence-electron chi connectivity index (χ2n) is 7.60. The molecule has 3 heterocycles. The van der Waals surface area contributed by atoms with Crippen molar-refractivity contribution < 1.29 is 9.59 Å². The first kappa shape index (κ1) is 18.9. The number of benzene rings is 1. The van der Waals surface area contributed by atoms with Crippen molar-refractivity contribution in [3.8, 4) is 0 Å². The number of likely N-dealkylation sites (tertiary alicyclic amines) is 1. The van der Waals surface area contributed by atoms with E-state index in [1.807, 2.05) is 38.1 Å². The van der Waals surface area contributed by atoms with Gasteiger partial charge < -0.3 is 10.2 Å². The molecular weight excluding hydrogens is 370 g/mol. The normalized spacial score (nSPS) is 16.7. The summed E-state index contributed by atoms with van der Waals surface area (Å²) in [5.41, 5.74) is 1.86. The summed E-state index contributed by atoms with van der Waals surface area (Å²) in [4.78, 5) is 38.8. The van der Waals surface area contributed by atoms with Crippen LogP contribution in [0.15, 0.2) is 53.5 Å². The second kappa shape index (κ2) is 7.54. The number of carbonyl (C=O) groups is 2. The van der Waals surface area contributed by atoms with Crippen LogP contribution >= 0.6 is 0 Å². The number of hydrogen-bond donors (Lipinski definition) is 1. The first-order valence-electron chi connectivity index (χ1n) is 9.66. The summed E-state index contributed by atoms with van der Waals surface area (Å²) in [7, 11) is 0. The van der Waals surface area contributed by atoms with Crippen LogP contribution in [0, 0.1) is 5.92 Å². The van der Waals surface area contributed by atoms with Gasteiger partial charge >= 0.3 is 5.69 Å². The lowest BCUT2D eigenvalue weighted by Gasteiger charge is -2.20. The van der Waals surface area contributed by atoms with Crippen molar-refractivity contribution in [1.29, 1.82) is 0 Å². The van der Waals surface area contributed by atoms with E-state index >= 15 is 0 Å². The van der Waals surface area contributed by atoms with Crippen molar-refractivity contribution in [2.24, 2.45) is 5.92 Å². The molecule has 8 nitrogen and oxygen atoms in total. The Morgan fingerprint density at radius 3 is 2.76 bits per heavy atom. The lowest BCUT2D eigenvalue weighted by atomic mass is 10.1. The van der Waals surface area contributed by atoms with Crippen molar-refractivity contribution in [3.63, 3.8) is 0 Å². The van der Waals surface area contributed by atoms with Gasteiger partial charge in [0.25, 0.3) is 0 Å². The fourth-order valence-electron chi connectivity index (χ4n) is 3.64. The van der Waals surface area contributed by atoms with Gasteiger partial charge in [0, 0.05) is 30.9 Å². The summed E-state index contributed by atoms with van der Waals surface area (Å²) in [5.74, 6) is -0.502. The van der Waals surface area contributed by atoms with Gasteiger partial charge in [-0.1, -0.05) is 18.2 Å². The van der Waals surface area contributed by atoms with Crippen molar-refractivity contribution in [1.82, 2.24) is 19.1 Å². The Balaban J connectivity index is 1.47. The highest BCUT2D eigenvalue weighted by Crippen LogP contribution is 2.22. The van der Waals surface area contributed by atoms with Crippen LogP contribution in [0.4, 0.5) is 5.69 Å². The molecule has 0 radical (unpaired) electrons. The van der Waals surface area contributed by atoms with Crippen LogP contribution in [0.1, 0.15) is 25.8 Å². The number of rotatable bonds is 5. The Bertz CT molecular complexity index is 1130. The lowest BCUT2D eigenvalue weighted by Crippen LogP contribution is -2.33. The molecule has 2 aromatic heterocycles. The quantitative estimate of drug-likeness (QED) is 0.715. The minimum Gasteiger partial charge on any atom is -0.339 e. The highest BCUT2D eigenvalue weighted by molar-refractivity contribution is 5.97. The van der Waals surface area contributed by atoms with Crippen molar-refractivity contribution in [2.45, 2.75) is 32.9 Å². The highest BCUT2D eigenvalue weighted by Gasteiger charge is 2.35. The van der Waals surface area contributed by atoms with E-state index in [-0.39, 0.29) is 35.9 Å². The maximum Gasteiger partial charge on any atom is 0.350 e. The van der Waals surface area contributed by atoms with E-state index < -0.39 is 0 Å². The molecule has 1 saturated heterocycles. The number of anilines is 1. The molecule has 1 aliphatic rings. The summed E-state index contributed by atoms with van der Waals surface area (Å²) in [6.45, 7) is 4.64. The molecule has 2 amide bonds. The third kappa shape index (κ3) is 3.78. The Kier molecular flexibility index (Phi) is 4.92. The zero-order valence-corrected chi connectivity index (χ0v) is 16.4. The molecule has 8 heteroatoms. The van der Waals surface area contributed by atoms with Crippen LogP contribution in [-0.4, -0.2) is 43.5 Å². The number of nitrogens with zero attached hydrogens (tertiary/aromatic N) is 4. The third-order valence-electron chi connectivity index (χ3n) is 5.17. The van der Waals surface area contributed by atoms with Crippen molar-refractivity contribution in [3.05, 3.63) is 64.7 Å². The zero-order chi connectivity index (χ0) is 20.5. The molecule has 0 spiro atoms. The maximum atomic E-state index is 12.6. The number of fused-ring (bicyclic) bond motifs is 1. The SMILES string of the molecule is CC(C)N1C[C@H](C(=O)Nc2cccc(Cn3nc4ccccn4c3=O)c2)CC1=O. The fraction of sp³-hybridized carbons (Fsp3) is 0.333. The van der Waals surface area contributed by atoms with Gasteiger partial charge in [0.1, 0.15) is 0 Å². The first-order valence-corrected chi connectivity index (χ1v) is 9.66. The smallest absolute Gasteiger partial charge is 0.339 e. The highest BCUT2D eigenvalue weighted by atomic mass is 16.2. The summed E-state index contributed by atoms with van der Waals surface area (Å²) >= 11 is 0. The minimum absolute atomic E-state index is 0.0140. The van der Waals surface area contributed by atoms with Crippen LogP contribution < -0.4 is 11.0 Å². The van der Waals surface area contributed by atoms with Crippen LogP contribution in [-0.2, 0) is 16.1 Å². The van der Waals surface area contributed by atoms with Gasteiger partial charge in [-0.3, -0.25) is 14.0 Å². The van der Waals surface area contributed by atoms with E-state index in [2.05, 4.69) is 10.4 Å². The number of amides is 2. The van der Waals surface area contributed by atoms with E-state index in [1.54, 1.807) is 29.3 Å². The van der Waals surface area contributed by atoms with Crippen LogP contribution in [0.3, 0.4) is 0 Å². The predicted molar refractivity (Wildman–Crippen MR) is 109 cm³/mol. The first-order chi connectivity index (χ1) is 13.9.